The summed E-state index contributed by atoms with van der Waals surface area (Å²) in [7, 11) is 0. The maximum Gasteiger partial charge on any atom is 0.401 e. The van der Waals surface area contributed by atoms with Crippen molar-refractivity contribution in [2.45, 2.75) is 12.6 Å². The van der Waals surface area contributed by atoms with Crippen LogP contribution < -0.4 is 0 Å². The predicted molar refractivity (Wildman–Crippen MR) is 66.4 cm³/mol. The Labute approximate surface area is 113 Å². The molecule has 20 heavy (non-hydrogen) atoms. The lowest BCUT2D eigenvalue weighted by Crippen LogP contribution is -2.37. The standard InChI is InChI=1S/C12H15F3N2O3/c13-12(14,15)9-16(7-8-18)6-5-10-1-3-11(4-2-10)17(19)20/h1-4,18H,5-9H2. The maximum atomic E-state index is 12.3. The van der Waals surface area contributed by atoms with Gasteiger partial charge in [-0.25, -0.2) is 0 Å². The molecule has 0 aromatic heterocycles. The number of rotatable bonds is 7. The van der Waals surface area contributed by atoms with Crippen LogP contribution in [-0.2, 0) is 6.42 Å². The van der Waals surface area contributed by atoms with Gasteiger partial charge in [0.05, 0.1) is 18.1 Å². The van der Waals surface area contributed by atoms with Gasteiger partial charge in [0, 0.05) is 25.2 Å². The first-order valence-corrected chi connectivity index (χ1v) is 5.95. The molecule has 0 atom stereocenters. The number of non-ortho nitro benzene ring substituents is 1. The van der Waals surface area contributed by atoms with Crippen molar-refractivity contribution in [3.8, 4) is 0 Å². The molecule has 0 aliphatic rings. The van der Waals surface area contributed by atoms with Crippen molar-refractivity contribution >= 4 is 5.69 Å². The van der Waals surface area contributed by atoms with Crippen LogP contribution in [0.2, 0.25) is 0 Å². The summed E-state index contributed by atoms with van der Waals surface area (Å²) in [6.45, 7) is -1.37. The summed E-state index contributed by atoms with van der Waals surface area (Å²) in [5, 5.41) is 19.2. The van der Waals surface area contributed by atoms with E-state index in [1.807, 2.05) is 0 Å². The van der Waals surface area contributed by atoms with Gasteiger partial charge in [0.15, 0.2) is 0 Å². The number of nitro groups is 1. The van der Waals surface area contributed by atoms with E-state index in [1.54, 1.807) is 0 Å². The minimum Gasteiger partial charge on any atom is -0.395 e. The van der Waals surface area contributed by atoms with Gasteiger partial charge in [0.2, 0.25) is 0 Å². The number of benzene rings is 1. The number of nitro benzene ring substituents is 1. The van der Waals surface area contributed by atoms with Crippen LogP contribution in [0, 0.1) is 10.1 Å². The highest BCUT2D eigenvalue weighted by atomic mass is 19.4. The molecule has 1 aromatic carbocycles. The van der Waals surface area contributed by atoms with Crippen LogP contribution in [0.5, 0.6) is 0 Å². The predicted octanol–water partition coefficient (Wildman–Crippen LogP) is 1.99. The van der Waals surface area contributed by atoms with Gasteiger partial charge in [-0.1, -0.05) is 12.1 Å². The van der Waals surface area contributed by atoms with Crippen LogP contribution in [0.3, 0.4) is 0 Å². The summed E-state index contributed by atoms with van der Waals surface area (Å²) < 4.78 is 36.9. The van der Waals surface area contributed by atoms with E-state index in [2.05, 4.69) is 0 Å². The molecule has 5 nitrogen and oxygen atoms in total. The second-order valence-electron chi connectivity index (χ2n) is 4.29. The van der Waals surface area contributed by atoms with E-state index in [-0.39, 0.29) is 25.4 Å². The van der Waals surface area contributed by atoms with E-state index >= 15 is 0 Å². The lowest BCUT2D eigenvalue weighted by molar-refractivity contribution is -0.384. The zero-order chi connectivity index (χ0) is 15.2. The Morgan fingerprint density at radius 1 is 1.20 bits per heavy atom. The molecule has 1 N–H and O–H groups in total. The Morgan fingerprint density at radius 3 is 2.25 bits per heavy atom. The molecule has 0 aliphatic heterocycles. The zero-order valence-corrected chi connectivity index (χ0v) is 10.6. The third-order valence-corrected chi connectivity index (χ3v) is 2.68. The Bertz CT molecular complexity index is 435. The summed E-state index contributed by atoms with van der Waals surface area (Å²) in [6, 6.07) is 5.66. The SMILES string of the molecule is O=[N+]([O-])c1ccc(CCN(CCO)CC(F)(F)F)cc1. The van der Waals surface area contributed by atoms with Gasteiger partial charge in [-0.2, -0.15) is 13.2 Å². The first-order valence-electron chi connectivity index (χ1n) is 5.95. The van der Waals surface area contributed by atoms with Gasteiger partial charge >= 0.3 is 6.18 Å². The molecule has 0 saturated heterocycles. The molecule has 112 valence electrons. The highest BCUT2D eigenvalue weighted by Crippen LogP contribution is 2.17. The number of aliphatic hydroxyl groups is 1. The van der Waals surface area contributed by atoms with Gasteiger partial charge < -0.3 is 5.11 Å². The molecular formula is C12H15F3N2O3. The van der Waals surface area contributed by atoms with Crippen LogP contribution in [0.4, 0.5) is 18.9 Å². The van der Waals surface area contributed by atoms with Crippen molar-refractivity contribution in [3.63, 3.8) is 0 Å². The molecule has 8 heteroatoms. The molecule has 1 rings (SSSR count). The summed E-state index contributed by atoms with van der Waals surface area (Å²) in [6.07, 6.45) is -3.99. The normalized spacial score (nSPS) is 11.8. The summed E-state index contributed by atoms with van der Waals surface area (Å²) in [5.41, 5.74) is 0.650. The van der Waals surface area contributed by atoms with E-state index in [4.69, 9.17) is 5.11 Å². The van der Waals surface area contributed by atoms with Crippen molar-refractivity contribution in [2.75, 3.05) is 26.2 Å². The number of hydrogen-bond donors (Lipinski definition) is 1. The fourth-order valence-corrected chi connectivity index (χ4v) is 1.74. The van der Waals surface area contributed by atoms with E-state index in [1.165, 1.54) is 24.3 Å². The average molecular weight is 292 g/mol. The lowest BCUT2D eigenvalue weighted by atomic mass is 10.1. The molecule has 0 radical (unpaired) electrons. The maximum absolute atomic E-state index is 12.3. The summed E-state index contributed by atoms with van der Waals surface area (Å²) in [5.74, 6) is 0. The number of aliphatic hydroxyl groups excluding tert-OH is 1. The monoisotopic (exact) mass is 292 g/mol. The lowest BCUT2D eigenvalue weighted by Gasteiger charge is -2.22. The fraction of sp³-hybridized carbons (Fsp3) is 0.500. The topological polar surface area (TPSA) is 66.6 Å². The molecule has 0 saturated carbocycles. The van der Waals surface area contributed by atoms with E-state index < -0.39 is 17.6 Å². The van der Waals surface area contributed by atoms with Crippen molar-refractivity contribution in [1.82, 2.24) is 4.90 Å². The van der Waals surface area contributed by atoms with Crippen LogP contribution in [0.1, 0.15) is 5.56 Å². The Balaban J connectivity index is 2.56. The minimum atomic E-state index is -4.31. The Hall–Kier alpha value is -1.67. The second-order valence-corrected chi connectivity index (χ2v) is 4.29. The van der Waals surface area contributed by atoms with Gasteiger partial charge in [-0.15, -0.1) is 0 Å². The Morgan fingerprint density at radius 2 is 1.80 bits per heavy atom. The number of alkyl halides is 3. The molecule has 0 unspecified atom stereocenters. The number of hydrogen-bond acceptors (Lipinski definition) is 4. The van der Waals surface area contributed by atoms with Crippen LogP contribution in [-0.4, -0.2) is 47.3 Å². The molecule has 0 amide bonds. The second kappa shape index (κ2) is 7.20. The molecule has 0 aliphatic carbocycles. The molecule has 0 spiro atoms. The molecular weight excluding hydrogens is 277 g/mol. The first kappa shape index (κ1) is 16.4. The number of nitrogens with zero attached hydrogens (tertiary/aromatic N) is 2. The van der Waals surface area contributed by atoms with Gasteiger partial charge in [0.25, 0.3) is 5.69 Å². The third kappa shape index (κ3) is 5.98. The van der Waals surface area contributed by atoms with Crippen molar-refractivity contribution in [1.29, 1.82) is 0 Å². The quantitative estimate of drug-likeness (QED) is 0.616. The largest absolute Gasteiger partial charge is 0.401 e. The van der Waals surface area contributed by atoms with Gasteiger partial charge in [-0.3, -0.25) is 15.0 Å². The molecule has 0 bridgehead atoms. The van der Waals surface area contributed by atoms with E-state index in [0.717, 1.165) is 4.90 Å². The highest BCUT2D eigenvalue weighted by Gasteiger charge is 2.30. The first-order chi connectivity index (χ1) is 9.31. The van der Waals surface area contributed by atoms with Crippen molar-refractivity contribution < 1.29 is 23.2 Å². The molecule has 0 fully saturated rings. The van der Waals surface area contributed by atoms with E-state index in [9.17, 15) is 23.3 Å². The summed E-state index contributed by atoms with van der Waals surface area (Å²) in [4.78, 5) is 11.0. The highest BCUT2D eigenvalue weighted by molar-refractivity contribution is 5.32. The molecule has 0 heterocycles. The smallest absolute Gasteiger partial charge is 0.395 e. The fourth-order valence-electron chi connectivity index (χ4n) is 1.74. The van der Waals surface area contributed by atoms with Crippen molar-refractivity contribution in [2.24, 2.45) is 0 Å². The van der Waals surface area contributed by atoms with Gasteiger partial charge in [0.1, 0.15) is 0 Å². The van der Waals surface area contributed by atoms with Gasteiger partial charge in [-0.05, 0) is 12.0 Å². The summed E-state index contributed by atoms with van der Waals surface area (Å²) >= 11 is 0. The van der Waals surface area contributed by atoms with Crippen LogP contribution >= 0.6 is 0 Å². The van der Waals surface area contributed by atoms with Crippen molar-refractivity contribution in [3.05, 3.63) is 39.9 Å². The molecule has 1 aromatic rings. The minimum absolute atomic E-state index is 0.0590. The Kier molecular flexibility index (Phi) is 5.90. The van der Waals surface area contributed by atoms with Crippen LogP contribution in [0.25, 0.3) is 0 Å². The third-order valence-electron chi connectivity index (χ3n) is 2.68. The van der Waals surface area contributed by atoms with Crippen LogP contribution in [0.15, 0.2) is 24.3 Å². The zero-order valence-electron chi connectivity index (χ0n) is 10.6. The average Bonchev–Trinajstić information content (AvgIpc) is 2.35. The number of halogens is 3. The van der Waals surface area contributed by atoms with E-state index in [0.29, 0.717) is 12.0 Å².